The minimum atomic E-state index is -0.890. The van der Waals surface area contributed by atoms with Crippen LogP contribution in [0.2, 0.25) is 0 Å². The van der Waals surface area contributed by atoms with Gasteiger partial charge in [0.2, 0.25) is 0 Å². The first-order valence-electron chi connectivity index (χ1n) is 6.55. The van der Waals surface area contributed by atoms with Gasteiger partial charge < -0.3 is 10.0 Å². The average Bonchev–Trinajstić information content (AvgIpc) is 2.26. The van der Waals surface area contributed by atoms with Crippen LogP contribution in [-0.2, 0) is 11.2 Å². The van der Waals surface area contributed by atoms with Crippen molar-refractivity contribution < 1.29 is 9.90 Å². The van der Waals surface area contributed by atoms with E-state index in [0.717, 1.165) is 13.0 Å². The van der Waals surface area contributed by atoms with Crippen molar-refractivity contribution in [3.8, 4) is 0 Å². The molecule has 0 atom stereocenters. The fourth-order valence-electron chi connectivity index (χ4n) is 2.33. The van der Waals surface area contributed by atoms with Crippen LogP contribution in [0.15, 0.2) is 24.3 Å². The lowest BCUT2D eigenvalue weighted by atomic mass is 9.97. The highest BCUT2D eigenvalue weighted by Crippen LogP contribution is 2.17. The Kier molecular flexibility index (Phi) is 5.77. The second-order valence-corrected chi connectivity index (χ2v) is 5.13. The van der Waals surface area contributed by atoms with Gasteiger partial charge in [-0.3, -0.25) is 0 Å². The first-order chi connectivity index (χ1) is 8.90. The predicted octanol–water partition coefficient (Wildman–Crippen LogP) is 2.73. The Morgan fingerprint density at radius 1 is 1.26 bits per heavy atom. The summed E-state index contributed by atoms with van der Waals surface area (Å²) in [5.74, 6) is -0.890. The highest BCUT2D eigenvalue weighted by molar-refractivity contribution is 5.79. The molecule has 0 spiro atoms. The Bertz CT molecular complexity index is 455. The first kappa shape index (κ1) is 15.4. The molecule has 1 rings (SSSR count). The molecule has 0 bridgehead atoms. The second kappa shape index (κ2) is 7.10. The van der Waals surface area contributed by atoms with E-state index >= 15 is 0 Å². The largest absolute Gasteiger partial charge is 0.478 e. The summed E-state index contributed by atoms with van der Waals surface area (Å²) < 4.78 is 0. The lowest BCUT2D eigenvalue weighted by Crippen LogP contribution is -2.22. The molecule has 19 heavy (non-hydrogen) atoms. The van der Waals surface area contributed by atoms with Gasteiger partial charge in [0.15, 0.2) is 0 Å². The number of hydrogen-bond donors (Lipinski definition) is 1. The quantitative estimate of drug-likeness (QED) is 0.800. The molecule has 0 saturated heterocycles. The van der Waals surface area contributed by atoms with Crippen LogP contribution in [0.1, 0.15) is 22.3 Å². The van der Waals surface area contributed by atoms with E-state index in [2.05, 4.69) is 37.8 Å². The summed E-state index contributed by atoms with van der Waals surface area (Å²) in [7, 11) is 2.01. The maximum absolute atomic E-state index is 10.4. The van der Waals surface area contributed by atoms with Crippen LogP contribution in [0, 0.1) is 20.8 Å². The van der Waals surface area contributed by atoms with Crippen LogP contribution in [0.25, 0.3) is 0 Å². The third-order valence-electron chi connectivity index (χ3n) is 3.26. The van der Waals surface area contributed by atoms with E-state index in [1.165, 1.54) is 28.3 Å². The van der Waals surface area contributed by atoms with Gasteiger partial charge in [0.1, 0.15) is 0 Å². The summed E-state index contributed by atoms with van der Waals surface area (Å²) >= 11 is 0. The van der Waals surface area contributed by atoms with Crippen molar-refractivity contribution in [3.63, 3.8) is 0 Å². The van der Waals surface area contributed by atoms with Crippen molar-refractivity contribution in [3.05, 3.63) is 46.5 Å². The third kappa shape index (κ3) is 5.26. The molecular weight excluding hydrogens is 238 g/mol. The van der Waals surface area contributed by atoms with E-state index in [1.54, 1.807) is 6.08 Å². The van der Waals surface area contributed by atoms with E-state index in [9.17, 15) is 4.79 Å². The number of aliphatic carboxylic acids is 1. The summed E-state index contributed by atoms with van der Waals surface area (Å²) in [6.07, 6.45) is 3.87. The standard InChI is InChI=1S/C16H23NO2/c1-12-10-13(2)15(14(3)11-12)7-9-17(4)8-5-6-16(18)19/h5-6,10-11H,7-9H2,1-4H3,(H,18,19)/b6-5+. The number of carbonyl (C=O) groups is 1. The van der Waals surface area contributed by atoms with E-state index in [4.69, 9.17) is 5.11 Å². The molecule has 104 valence electrons. The van der Waals surface area contributed by atoms with Gasteiger partial charge in [-0.1, -0.05) is 23.8 Å². The van der Waals surface area contributed by atoms with Gasteiger partial charge in [0, 0.05) is 19.2 Å². The lowest BCUT2D eigenvalue weighted by Gasteiger charge is -2.17. The molecule has 1 N–H and O–H groups in total. The molecule has 0 saturated carbocycles. The molecule has 1 aromatic rings. The number of benzene rings is 1. The molecule has 0 radical (unpaired) electrons. The van der Waals surface area contributed by atoms with E-state index in [0.29, 0.717) is 6.54 Å². The number of likely N-dealkylation sites (N-methyl/N-ethyl adjacent to an activating group) is 1. The summed E-state index contributed by atoms with van der Waals surface area (Å²) in [4.78, 5) is 12.5. The molecule has 1 aromatic carbocycles. The maximum atomic E-state index is 10.4. The van der Waals surface area contributed by atoms with Gasteiger partial charge in [0.05, 0.1) is 0 Å². The zero-order chi connectivity index (χ0) is 14.4. The molecule has 0 heterocycles. The zero-order valence-electron chi connectivity index (χ0n) is 12.2. The van der Waals surface area contributed by atoms with Gasteiger partial charge in [-0.15, -0.1) is 0 Å². The Hall–Kier alpha value is -1.61. The molecule has 0 aliphatic carbocycles. The number of aryl methyl sites for hydroxylation is 3. The summed E-state index contributed by atoms with van der Waals surface area (Å²) in [5.41, 5.74) is 5.38. The van der Waals surface area contributed by atoms with Crippen LogP contribution in [0.5, 0.6) is 0 Å². The molecule has 0 aliphatic rings. The van der Waals surface area contributed by atoms with Gasteiger partial charge in [0.25, 0.3) is 0 Å². The summed E-state index contributed by atoms with van der Waals surface area (Å²) in [5, 5.41) is 8.53. The van der Waals surface area contributed by atoms with Crippen LogP contribution < -0.4 is 0 Å². The topological polar surface area (TPSA) is 40.5 Å². The third-order valence-corrected chi connectivity index (χ3v) is 3.26. The Balaban J connectivity index is 2.55. The molecule has 0 aromatic heterocycles. The highest BCUT2D eigenvalue weighted by atomic mass is 16.4. The van der Waals surface area contributed by atoms with Gasteiger partial charge in [-0.05, 0) is 50.9 Å². The Morgan fingerprint density at radius 2 is 1.84 bits per heavy atom. The molecular formula is C16H23NO2. The van der Waals surface area contributed by atoms with Crippen LogP contribution in [0.3, 0.4) is 0 Å². The highest BCUT2D eigenvalue weighted by Gasteiger charge is 2.05. The van der Waals surface area contributed by atoms with Crippen LogP contribution >= 0.6 is 0 Å². The van der Waals surface area contributed by atoms with Crippen LogP contribution in [0.4, 0.5) is 0 Å². The number of carboxylic acids is 1. The number of hydrogen-bond acceptors (Lipinski definition) is 2. The Morgan fingerprint density at radius 3 is 2.37 bits per heavy atom. The predicted molar refractivity (Wildman–Crippen MR) is 78.6 cm³/mol. The average molecular weight is 261 g/mol. The number of rotatable bonds is 6. The molecule has 0 amide bonds. The molecule has 0 aliphatic heterocycles. The number of nitrogens with zero attached hydrogens (tertiary/aromatic N) is 1. The van der Waals surface area contributed by atoms with Crippen molar-refractivity contribution >= 4 is 5.97 Å². The molecule has 3 heteroatoms. The summed E-state index contributed by atoms with van der Waals surface area (Å²) in [6, 6.07) is 4.43. The van der Waals surface area contributed by atoms with Gasteiger partial charge in [-0.2, -0.15) is 0 Å². The van der Waals surface area contributed by atoms with Crippen molar-refractivity contribution in [2.45, 2.75) is 27.2 Å². The smallest absolute Gasteiger partial charge is 0.328 e. The van der Waals surface area contributed by atoms with E-state index in [1.807, 2.05) is 7.05 Å². The maximum Gasteiger partial charge on any atom is 0.328 e. The minimum Gasteiger partial charge on any atom is -0.478 e. The van der Waals surface area contributed by atoms with E-state index in [-0.39, 0.29) is 0 Å². The Labute approximate surface area is 115 Å². The monoisotopic (exact) mass is 261 g/mol. The minimum absolute atomic E-state index is 0.663. The van der Waals surface area contributed by atoms with Crippen molar-refractivity contribution in [1.29, 1.82) is 0 Å². The van der Waals surface area contributed by atoms with Gasteiger partial charge in [-0.25, -0.2) is 4.79 Å². The normalized spacial score (nSPS) is 11.4. The lowest BCUT2D eigenvalue weighted by molar-refractivity contribution is -0.131. The second-order valence-electron chi connectivity index (χ2n) is 5.13. The summed E-state index contributed by atoms with van der Waals surface area (Å²) in [6.45, 7) is 8.01. The van der Waals surface area contributed by atoms with E-state index < -0.39 is 5.97 Å². The molecule has 0 unspecified atom stereocenters. The first-order valence-corrected chi connectivity index (χ1v) is 6.55. The van der Waals surface area contributed by atoms with Crippen molar-refractivity contribution in [2.24, 2.45) is 0 Å². The van der Waals surface area contributed by atoms with Crippen molar-refractivity contribution in [1.82, 2.24) is 4.90 Å². The molecule has 0 fully saturated rings. The SMILES string of the molecule is Cc1cc(C)c(CCN(C)C/C=C/C(=O)O)c(C)c1. The molecule has 3 nitrogen and oxygen atoms in total. The van der Waals surface area contributed by atoms with Gasteiger partial charge >= 0.3 is 5.97 Å². The van der Waals surface area contributed by atoms with Crippen LogP contribution in [-0.4, -0.2) is 36.1 Å². The zero-order valence-corrected chi connectivity index (χ0v) is 12.2. The fraction of sp³-hybridized carbons (Fsp3) is 0.438. The fourth-order valence-corrected chi connectivity index (χ4v) is 2.33. The number of carboxylic acid groups (broad SMARTS) is 1. The van der Waals surface area contributed by atoms with Crippen molar-refractivity contribution in [2.75, 3.05) is 20.1 Å².